The van der Waals surface area contributed by atoms with Crippen LogP contribution in [0.1, 0.15) is 24.5 Å². The number of hydrogen-bond acceptors (Lipinski definition) is 4. The minimum atomic E-state index is -0.0856. The van der Waals surface area contributed by atoms with Gasteiger partial charge < -0.3 is 0 Å². The normalized spacial score (nSPS) is 11.6. The SMILES string of the molecule is CC=CC(c1nc[nH]n1)c1nc[nH]n1. The van der Waals surface area contributed by atoms with Gasteiger partial charge in [-0.1, -0.05) is 12.2 Å². The van der Waals surface area contributed by atoms with E-state index in [1.54, 1.807) is 12.7 Å². The Labute approximate surface area is 80.5 Å². The molecule has 0 aromatic carbocycles. The summed E-state index contributed by atoms with van der Waals surface area (Å²) in [4.78, 5) is 8.16. The Hall–Kier alpha value is -1.98. The lowest BCUT2D eigenvalue weighted by atomic mass is 10.1. The predicted octanol–water partition coefficient (Wildman–Crippen LogP) is 0.631. The average molecular weight is 190 g/mol. The second kappa shape index (κ2) is 3.82. The van der Waals surface area contributed by atoms with E-state index in [1.165, 1.54) is 0 Å². The molecule has 0 aliphatic carbocycles. The van der Waals surface area contributed by atoms with Gasteiger partial charge in [0.1, 0.15) is 18.6 Å². The smallest absolute Gasteiger partial charge is 0.164 e. The number of nitrogens with zero attached hydrogens (tertiary/aromatic N) is 4. The van der Waals surface area contributed by atoms with E-state index in [9.17, 15) is 0 Å². The predicted molar refractivity (Wildman–Crippen MR) is 49.4 cm³/mol. The number of allylic oxidation sites excluding steroid dienone is 2. The molecule has 2 N–H and O–H groups in total. The van der Waals surface area contributed by atoms with Crippen molar-refractivity contribution in [1.29, 1.82) is 0 Å². The molecule has 6 heteroatoms. The van der Waals surface area contributed by atoms with Crippen LogP contribution in [0, 0.1) is 0 Å². The quantitative estimate of drug-likeness (QED) is 0.695. The minimum Gasteiger partial charge on any atom is -0.266 e. The molecule has 0 unspecified atom stereocenters. The lowest BCUT2D eigenvalue weighted by molar-refractivity contribution is 0.818. The molecule has 0 saturated carbocycles. The van der Waals surface area contributed by atoms with Crippen molar-refractivity contribution < 1.29 is 0 Å². The van der Waals surface area contributed by atoms with E-state index < -0.39 is 0 Å². The van der Waals surface area contributed by atoms with Gasteiger partial charge in [0.05, 0.1) is 0 Å². The van der Waals surface area contributed by atoms with E-state index in [0.717, 1.165) is 0 Å². The first-order valence-electron chi connectivity index (χ1n) is 4.26. The summed E-state index contributed by atoms with van der Waals surface area (Å²) < 4.78 is 0. The van der Waals surface area contributed by atoms with Crippen LogP contribution in [-0.4, -0.2) is 30.4 Å². The van der Waals surface area contributed by atoms with E-state index in [0.29, 0.717) is 11.6 Å². The maximum atomic E-state index is 4.08. The Morgan fingerprint density at radius 1 is 1.14 bits per heavy atom. The molecular formula is C8H10N6. The fourth-order valence-corrected chi connectivity index (χ4v) is 1.22. The van der Waals surface area contributed by atoms with Gasteiger partial charge >= 0.3 is 0 Å². The molecule has 0 saturated heterocycles. The molecule has 14 heavy (non-hydrogen) atoms. The largest absolute Gasteiger partial charge is 0.266 e. The maximum Gasteiger partial charge on any atom is 0.164 e. The second-order valence-corrected chi connectivity index (χ2v) is 2.72. The van der Waals surface area contributed by atoms with Crippen LogP contribution in [0.2, 0.25) is 0 Å². The Kier molecular flexibility index (Phi) is 2.35. The van der Waals surface area contributed by atoms with Gasteiger partial charge in [-0.15, -0.1) is 0 Å². The molecule has 2 aromatic rings. The molecule has 0 fully saturated rings. The highest BCUT2D eigenvalue weighted by atomic mass is 15.2. The number of aromatic nitrogens is 6. The van der Waals surface area contributed by atoms with Crippen molar-refractivity contribution in [3.63, 3.8) is 0 Å². The molecule has 0 atom stereocenters. The average Bonchev–Trinajstić information content (AvgIpc) is 2.87. The van der Waals surface area contributed by atoms with Crippen LogP contribution in [-0.2, 0) is 0 Å². The number of H-pyrrole nitrogens is 2. The zero-order valence-electron chi connectivity index (χ0n) is 7.68. The summed E-state index contributed by atoms with van der Waals surface area (Å²) in [6.45, 7) is 1.94. The van der Waals surface area contributed by atoms with Crippen molar-refractivity contribution in [3.05, 3.63) is 36.5 Å². The van der Waals surface area contributed by atoms with Gasteiger partial charge in [-0.25, -0.2) is 9.97 Å². The first kappa shape index (κ1) is 8.61. The second-order valence-electron chi connectivity index (χ2n) is 2.72. The van der Waals surface area contributed by atoms with E-state index in [2.05, 4.69) is 30.4 Å². The van der Waals surface area contributed by atoms with Gasteiger partial charge in [0, 0.05) is 0 Å². The first-order valence-corrected chi connectivity index (χ1v) is 4.26. The first-order chi connectivity index (χ1) is 6.92. The summed E-state index contributed by atoms with van der Waals surface area (Å²) in [5, 5.41) is 13.4. The summed E-state index contributed by atoms with van der Waals surface area (Å²) in [6.07, 6.45) is 6.96. The Morgan fingerprint density at radius 3 is 2.07 bits per heavy atom. The molecule has 0 spiro atoms. The van der Waals surface area contributed by atoms with Crippen LogP contribution in [0.3, 0.4) is 0 Å². The van der Waals surface area contributed by atoms with Crippen molar-refractivity contribution in [2.75, 3.05) is 0 Å². The van der Waals surface area contributed by atoms with Crippen LogP contribution in [0.5, 0.6) is 0 Å². The Bertz CT molecular complexity index is 353. The highest BCUT2D eigenvalue weighted by molar-refractivity contribution is 5.17. The highest BCUT2D eigenvalue weighted by Crippen LogP contribution is 2.18. The van der Waals surface area contributed by atoms with Crippen molar-refractivity contribution in [2.45, 2.75) is 12.8 Å². The maximum absolute atomic E-state index is 4.08. The van der Waals surface area contributed by atoms with Crippen molar-refractivity contribution in [1.82, 2.24) is 30.4 Å². The lowest BCUT2D eigenvalue weighted by Gasteiger charge is -2.02. The molecule has 72 valence electrons. The van der Waals surface area contributed by atoms with Gasteiger partial charge in [-0.05, 0) is 6.92 Å². The standard InChI is InChI=1S/C8H10N6/c1-2-3-6(7-9-4-11-13-7)8-10-5-12-14-8/h2-6H,1H3,(H,9,11,13)(H,10,12,14). The third-order valence-corrected chi connectivity index (χ3v) is 1.81. The van der Waals surface area contributed by atoms with Crippen LogP contribution in [0.25, 0.3) is 0 Å². The van der Waals surface area contributed by atoms with Crippen molar-refractivity contribution in [3.8, 4) is 0 Å². The summed E-state index contributed by atoms with van der Waals surface area (Å²) in [5.41, 5.74) is 0. The van der Waals surface area contributed by atoms with Gasteiger partial charge in [0.2, 0.25) is 0 Å². The lowest BCUT2D eigenvalue weighted by Crippen LogP contribution is -2.02. The van der Waals surface area contributed by atoms with Crippen molar-refractivity contribution in [2.24, 2.45) is 0 Å². The topological polar surface area (TPSA) is 83.1 Å². The number of hydrogen-bond donors (Lipinski definition) is 2. The molecule has 2 aromatic heterocycles. The summed E-state index contributed by atoms with van der Waals surface area (Å²) in [6, 6.07) is 0. The monoisotopic (exact) mass is 190 g/mol. The zero-order chi connectivity index (χ0) is 9.80. The molecule has 0 radical (unpaired) electrons. The van der Waals surface area contributed by atoms with Gasteiger partial charge in [-0.3, -0.25) is 10.2 Å². The minimum absolute atomic E-state index is 0.0856. The fourth-order valence-electron chi connectivity index (χ4n) is 1.22. The molecule has 0 amide bonds. The molecule has 0 bridgehead atoms. The molecule has 2 heterocycles. The van der Waals surface area contributed by atoms with E-state index in [-0.39, 0.29) is 5.92 Å². The molecule has 2 rings (SSSR count). The van der Waals surface area contributed by atoms with Crippen molar-refractivity contribution >= 4 is 0 Å². The van der Waals surface area contributed by atoms with E-state index in [1.807, 2.05) is 19.1 Å². The van der Waals surface area contributed by atoms with Crippen LogP contribution < -0.4 is 0 Å². The fraction of sp³-hybridized carbons (Fsp3) is 0.250. The van der Waals surface area contributed by atoms with Crippen LogP contribution >= 0.6 is 0 Å². The number of rotatable bonds is 3. The molecule has 0 aliphatic heterocycles. The Balaban J connectivity index is 2.34. The summed E-state index contributed by atoms with van der Waals surface area (Å²) >= 11 is 0. The van der Waals surface area contributed by atoms with E-state index in [4.69, 9.17) is 0 Å². The molecular weight excluding hydrogens is 180 g/mol. The van der Waals surface area contributed by atoms with Crippen LogP contribution in [0.4, 0.5) is 0 Å². The van der Waals surface area contributed by atoms with Gasteiger partial charge in [0.15, 0.2) is 11.6 Å². The van der Waals surface area contributed by atoms with Gasteiger partial charge in [0.25, 0.3) is 0 Å². The highest BCUT2D eigenvalue weighted by Gasteiger charge is 2.17. The molecule has 6 nitrogen and oxygen atoms in total. The molecule has 0 aliphatic rings. The third kappa shape index (κ3) is 1.54. The van der Waals surface area contributed by atoms with E-state index >= 15 is 0 Å². The van der Waals surface area contributed by atoms with Crippen LogP contribution in [0.15, 0.2) is 24.8 Å². The third-order valence-electron chi connectivity index (χ3n) is 1.81. The van der Waals surface area contributed by atoms with Gasteiger partial charge in [-0.2, -0.15) is 10.2 Å². The summed E-state index contributed by atoms with van der Waals surface area (Å²) in [5.74, 6) is 1.25. The zero-order valence-corrected chi connectivity index (χ0v) is 7.68. The number of nitrogens with one attached hydrogen (secondary N) is 2. The Morgan fingerprint density at radius 2 is 1.71 bits per heavy atom. The summed E-state index contributed by atoms with van der Waals surface area (Å²) in [7, 11) is 0. The number of aromatic amines is 2.